The number of benzene rings is 3. The SMILES string of the molecule is CC(Oc1nc2cccc(C(=O)O)c2n1Cc1ccc(-c2ccccc2-c2nnn[nH]2)cc1)C1COC2C(O[N+](=O)[O-])COC12. The number of carbonyl (C=O) groups is 1. The Bertz CT molecular complexity index is 1860. The molecule has 0 amide bonds. The largest absolute Gasteiger partial charge is 0.478 e. The zero-order valence-electron chi connectivity index (χ0n) is 23.8. The van der Waals surface area contributed by atoms with E-state index in [-0.39, 0.29) is 37.3 Å². The van der Waals surface area contributed by atoms with Crippen molar-refractivity contribution in [3.63, 3.8) is 0 Å². The van der Waals surface area contributed by atoms with E-state index in [0.29, 0.717) is 16.9 Å². The fourth-order valence-electron chi connectivity index (χ4n) is 6.11. The normalized spacial score (nSPS) is 21.4. The van der Waals surface area contributed by atoms with E-state index in [1.165, 1.54) is 6.07 Å². The number of rotatable bonds is 10. The molecule has 2 aliphatic rings. The van der Waals surface area contributed by atoms with Crippen molar-refractivity contribution >= 4 is 17.0 Å². The Morgan fingerprint density at radius 2 is 1.87 bits per heavy atom. The van der Waals surface area contributed by atoms with E-state index >= 15 is 0 Å². The molecule has 2 saturated heterocycles. The summed E-state index contributed by atoms with van der Waals surface area (Å²) in [5.41, 5.74) is 4.63. The van der Waals surface area contributed by atoms with Crippen LogP contribution in [0.15, 0.2) is 66.7 Å². The van der Waals surface area contributed by atoms with Crippen molar-refractivity contribution in [3.05, 3.63) is 88.0 Å². The number of para-hydroxylation sites is 1. The van der Waals surface area contributed by atoms with Gasteiger partial charge in [-0.15, -0.1) is 15.2 Å². The number of carboxylic acids is 1. The Balaban J connectivity index is 1.18. The number of carboxylic acid groups (broad SMARTS) is 1. The number of ether oxygens (including phenoxy) is 3. The van der Waals surface area contributed by atoms with Gasteiger partial charge in [-0.1, -0.05) is 54.6 Å². The molecule has 4 heterocycles. The van der Waals surface area contributed by atoms with Crippen LogP contribution in [0.4, 0.5) is 0 Å². The Morgan fingerprint density at radius 3 is 2.60 bits per heavy atom. The van der Waals surface area contributed by atoms with Crippen molar-refractivity contribution < 1.29 is 34.0 Å². The lowest BCUT2D eigenvalue weighted by Gasteiger charge is -2.24. The average Bonchev–Trinajstić information content (AvgIpc) is 3.84. The van der Waals surface area contributed by atoms with Gasteiger partial charge in [0.05, 0.1) is 42.5 Å². The molecule has 2 N–H and O–H groups in total. The molecule has 15 nitrogen and oxygen atoms in total. The predicted octanol–water partition coefficient (Wildman–Crippen LogP) is 3.39. The first-order valence-corrected chi connectivity index (χ1v) is 14.2. The topological polar surface area (TPSA) is 190 Å². The molecule has 230 valence electrons. The van der Waals surface area contributed by atoms with E-state index < -0.39 is 35.5 Å². The number of aromatic amines is 1. The third kappa shape index (κ3) is 5.32. The predicted molar refractivity (Wildman–Crippen MR) is 156 cm³/mol. The van der Waals surface area contributed by atoms with Gasteiger partial charge in [-0.05, 0) is 46.2 Å². The van der Waals surface area contributed by atoms with Gasteiger partial charge in [0.2, 0.25) is 0 Å². The Morgan fingerprint density at radius 1 is 1.09 bits per heavy atom. The molecule has 7 rings (SSSR count). The molecule has 45 heavy (non-hydrogen) atoms. The number of H-pyrrole nitrogens is 1. The fourth-order valence-corrected chi connectivity index (χ4v) is 6.11. The highest BCUT2D eigenvalue weighted by molar-refractivity contribution is 6.01. The molecule has 5 aromatic rings. The number of aromatic carboxylic acids is 1. The summed E-state index contributed by atoms with van der Waals surface area (Å²) in [6.45, 7) is 2.41. The Hall–Kier alpha value is -5.41. The van der Waals surface area contributed by atoms with Crippen molar-refractivity contribution in [2.24, 2.45) is 5.92 Å². The van der Waals surface area contributed by atoms with Gasteiger partial charge in [-0.3, -0.25) is 4.57 Å². The number of imidazole rings is 1. The molecule has 3 aromatic carbocycles. The van der Waals surface area contributed by atoms with E-state index in [9.17, 15) is 20.0 Å². The van der Waals surface area contributed by atoms with Crippen LogP contribution in [0.5, 0.6) is 6.01 Å². The first kappa shape index (κ1) is 28.4. The highest BCUT2D eigenvalue weighted by atomic mass is 17.0. The number of hydrogen-bond acceptors (Lipinski definition) is 11. The fraction of sp³-hybridized carbons (Fsp3) is 0.300. The summed E-state index contributed by atoms with van der Waals surface area (Å²) in [5.74, 6) is -0.792. The maximum Gasteiger partial charge on any atom is 0.337 e. The summed E-state index contributed by atoms with van der Waals surface area (Å²) in [7, 11) is 0. The summed E-state index contributed by atoms with van der Waals surface area (Å²) in [6.07, 6.45) is -2.34. The van der Waals surface area contributed by atoms with Gasteiger partial charge in [0, 0.05) is 11.5 Å². The van der Waals surface area contributed by atoms with Gasteiger partial charge in [0.25, 0.3) is 11.1 Å². The first-order chi connectivity index (χ1) is 21.9. The highest BCUT2D eigenvalue weighted by Gasteiger charge is 2.51. The van der Waals surface area contributed by atoms with Crippen LogP contribution in [0.2, 0.25) is 0 Å². The van der Waals surface area contributed by atoms with Crippen LogP contribution in [0.3, 0.4) is 0 Å². The molecule has 2 fully saturated rings. The van der Waals surface area contributed by atoms with Crippen LogP contribution < -0.4 is 4.74 Å². The summed E-state index contributed by atoms with van der Waals surface area (Å²) in [4.78, 5) is 32.5. The quantitative estimate of drug-likeness (QED) is 0.173. The Kier molecular flexibility index (Phi) is 7.31. The molecule has 0 spiro atoms. The molecular weight excluding hydrogens is 586 g/mol. The molecule has 0 bridgehead atoms. The van der Waals surface area contributed by atoms with E-state index in [0.717, 1.165) is 22.3 Å². The van der Waals surface area contributed by atoms with E-state index in [1.54, 1.807) is 16.7 Å². The van der Waals surface area contributed by atoms with Crippen molar-refractivity contribution in [2.75, 3.05) is 13.2 Å². The first-order valence-electron chi connectivity index (χ1n) is 14.2. The smallest absolute Gasteiger partial charge is 0.337 e. The van der Waals surface area contributed by atoms with Crippen LogP contribution >= 0.6 is 0 Å². The Labute approximate surface area is 254 Å². The van der Waals surface area contributed by atoms with Gasteiger partial charge in [-0.25, -0.2) is 9.89 Å². The standard InChI is InChI=1S/C30H27N7O8/c1-16(22-14-42-27-24(45-37(40)41)15-43-26(22)27)44-30-31-23-8-4-7-21(29(38)39)25(23)36(30)13-17-9-11-18(12-10-17)19-5-2-3-6-20(19)28-32-34-35-33-28/h2-12,16,22,24,26-27H,13-15H2,1H3,(H,38,39)(H,32,33,34,35). The zero-order valence-corrected chi connectivity index (χ0v) is 23.8. The maximum atomic E-state index is 12.2. The molecular formula is C30H27N7O8. The number of aromatic nitrogens is 6. The summed E-state index contributed by atoms with van der Waals surface area (Å²) in [5, 5.41) is 34.3. The van der Waals surface area contributed by atoms with Crippen LogP contribution in [-0.2, 0) is 20.9 Å². The van der Waals surface area contributed by atoms with Crippen molar-refractivity contribution in [1.29, 1.82) is 0 Å². The molecule has 0 aliphatic carbocycles. The molecule has 2 aliphatic heterocycles. The molecule has 15 heteroatoms. The second kappa shape index (κ2) is 11.6. The van der Waals surface area contributed by atoms with Gasteiger partial charge in [0.15, 0.2) is 11.9 Å². The lowest BCUT2D eigenvalue weighted by atomic mass is 9.96. The minimum Gasteiger partial charge on any atom is -0.478 e. The lowest BCUT2D eigenvalue weighted by Crippen LogP contribution is -2.37. The van der Waals surface area contributed by atoms with E-state index in [1.807, 2.05) is 55.5 Å². The van der Waals surface area contributed by atoms with Gasteiger partial charge < -0.3 is 24.2 Å². The van der Waals surface area contributed by atoms with E-state index in [2.05, 4.69) is 25.6 Å². The molecule has 5 unspecified atom stereocenters. The van der Waals surface area contributed by atoms with Crippen molar-refractivity contribution in [1.82, 2.24) is 30.2 Å². The second-order valence-electron chi connectivity index (χ2n) is 10.9. The zero-order chi connectivity index (χ0) is 31.1. The van der Waals surface area contributed by atoms with Gasteiger partial charge in [-0.2, -0.15) is 4.98 Å². The average molecular weight is 614 g/mol. The number of hydrogen-bond donors (Lipinski definition) is 2. The highest BCUT2D eigenvalue weighted by Crippen LogP contribution is 2.37. The van der Waals surface area contributed by atoms with Gasteiger partial charge >= 0.3 is 5.97 Å². The number of fused-ring (bicyclic) bond motifs is 2. The molecule has 5 atom stereocenters. The van der Waals surface area contributed by atoms with Crippen LogP contribution in [0.25, 0.3) is 33.5 Å². The summed E-state index contributed by atoms with van der Waals surface area (Å²) >= 11 is 0. The molecule has 0 radical (unpaired) electrons. The molecule has 2 aromatic heterocycles. The third-order valence-electron chi connectivity index (χ3n) is 8.26. The maximum absolute atomic E-state index is 12.2. The van der Waals surface area contributed by atoms with Crippen molar-refractivity contribution in [2.45, 2.75) is 37.9 Å². The van der Waals surface area contributed by atoms with Crippen molar-refractivity contribution in [3.8, 4) is 28.5 Å². The van der Waals surface area contributed by atoms with Crippen LogP contribution in [-0.4, -0.2) is 84.0 Å². The number of tetrazole rings is 1. The summed E-state index contributed by atoms with van der Waals surface area (Å²) < 4.78 is 19.8. The minimum atomic E-state index is -1.08. The van der Waals surface area contributed by atoms with E-state index in [4.69, 9.17) is 19.0 Å². The van der Waals surface area contributed by atoms with Gasteiger partial charge in [0.1, 0.15) is 12.2 Å². The third-order valence-corrected chi connectivity index (χ3v) is 8.26. The summed E-state index contributed by atoms with van der Waals surface area (Å²) in [6, 6.07) is 20.8. The molecule has 0 saturated carbocycles. The minimum absolute atomic E-state index is 0.0375. The monoisotopic (exact) mass is 613 g/mol. The lowest BCUT2D eigenvalue weighted by molar-refractivity contribution is -0.769. The number of nitrogens with one attached hydrogen (secondary N) is 1. The second-order valence-corrected chi connectivity index (χ2v) is 10.9. The van der Waals surface area contributed by atoms with Crippen LogP contribution in [0.1, 0.15) is 22.8 Å². The van der Waals surface area contributed by atoms with Crippen LogP contribution in [0, 0.1) is 16.0 Å². The number of nitrogens with zero attached hydrogens (tertiary/aromatic N) is 6.